The zero-order chi connectivity index (χ0) is 17.4. The van der Waals surface area contributed by atoms with E-state index in [1.54, 1.807) is 0 Å². The number of hydrogen-bond donors (Lipinski definition) is 1. The largest absolute Gasteiger partial charge is 0.494 e. The minimum atomic E-state index is -0.785. The van der Waals surface area contributed by atoms with Gasteiger partial charge < -0.3 is 15.2 Å². The first-order valence-corrected chi connectivity index (χ1v) is 7.39. The van der Waals surface area contributed by atoms with Crippen LogP contribution in [0.3, 0.4) is 0 Å². The fourth-order valence-electron chi connectivity index (χ4n) is 1.92. The molecule has 0 aliphatic rings. The lowest BCUT2D eigenvalue weighted by molar-refractivity contribution is -0.384. The predicted molar refractivity (Wildman–Crippen MR) is 87.4 cm³/mol. The van der Waals surface area contributed by atoms with Gasteiger partial charge in [0, 0.05) is 18.6 Å². The Labute approximate surface area is 139 Å². The standard InChI is InChI=1S/C17H18N2O5/c18-16(17(20)24-12-13-4-2-1-3-5-13)10-11-23-15-8-6-14(7-9-15)19(21)22/h1-9,16H,10-12,18H2. The van der Waals surface area contributed by atoms with Crippen LogP contribution in [0.2, 0.25) is 0 Å². The smallest absolute Gasteiger partial charge is 0.323 e. The molecule has 2 rings (SSSR count). The van der Waals surface area contributed by atoms with E-state index >= 15 is 0 Å². The molecule has 2 aromatic carbocycles. The molecule has 1 atom stereocenters. The maximum Gasteiger partial charge on any atom is 0.323 e. The molecule has 0 heterocycles. The van der Waals surface area contributed by atoms with Crippen LogP contribution >= 0.6 is 0 Å². The van der Waals surface area contributed by atoms with Crippen molar-refractivity contribution >= 4 is 11.7 Å². The molecule has 7 heteroatoms. The van der Waals surface area contributed by atoms with Crippen LogP contribution in [0.5, 0.6) is 5.75 Å². The first kappa shape index (κ1) is 17.4. The molecular formula is C17H18N2O5. The second kappa shape index (κ2) is 8.64. The minimum absolute atomic E-state index is 0.0106. The van der Waals surface area contributed by atoms with Gasteiger partial charge in [-0.15, -0.1) is 0 Å². The molecule has 2 N–H and O–H groups in total. The van der Waals surface area contributed by atoms with Gasteiger partial charge in [-0.05, 0) is 17.7 Å². The molecule has 0 radical (unpaired) electrons. The molecular weight excluding hydrogens is 312 g/mol. The van der Waals surface area contributed by atoms with Crippen LogP contribution in [0, 0.1) is 10.1 Å². The number of carbonyl (C=O) groups is 1. The Morgan fingerprint density at radius 1 is 1.12 bits per heavy atom. The summed E-state index contributed by atoms with van der Waals surface area (Å²) in [6.07, 6.45) is 0.282. The zero-order valence-corrected chi connectivity index (χ0v) is 13.0. The molecule has 0 amide bonds. The monoisotopic (exact) mass is 330 g/mol. The lowest BCUT2D eigenvalue weighted by Gasteiger charge is -2.12. The molecule has 1 unspecified atom stereocenters. The molecule has 0 aromatic heterocycles. The summed E-state index contributed by atoms with van der Waals surface area (Å²) < 4.78 is 10.6. The van der Waals surface area contributed by atoms with Gasteiger partial charge in [0.25, 0.3) is 5.69 Å². The van der Waals surface area contributed by atoms with Crippen molar-refractivity contribution in [2.45, 2.75) is 19.1 Å². The first-order valence-electron chi connectivity index (χ1n) is 7.39. The van der Waals surface area contributed by atoms with Crippen molar-refractivity contribution < 1.29 is 19.2 Å². The van der Waals surface area contributed by atoms with Crippen LogP contribution in [-0.4, -0.2) is 23.5 Å². The summed E-state index contributed by atoms with van der Waals surface area (Å²) >= 11 is 0. The summed E-state index contributed by atoms with van der Waals surface area (Å²) in [7, 11) is 0. The van der Waals surface area contributed by atoms with E-state index in [-0.39, 0.29) is 25.3 Å². The Hall–Kier alpha value is -2.93. The van der Waals surface area contributed by atoms with Crippen LogP contribution in [0.15, 0.2) is 54.6 Å². The van der Waals surface area contributed by atoms with E-state index in [1.165, 1.54) is 24.3 Å². The van der Waals surface area contributed by atoms with Gasteiger partial charge in [0.1, 0.15) is 18.4 Å². The lowest BCUT2D eigenvalue weighted by atomic mass is 10.2. The van der Waals surface area contributed by atoms with Crippen molar-refractivity contribution in [1.29, 1.82) is 0 Å². The Bertz CT molecular complexity index is 673. The molecule has 0 bridgehead atoms. The van der Waals surface area contributed by atoms with Gasteiger partial charge in [-0.1, -0.05) is 30.3 Å². The number of nitrogens with zero attached hydrogens (tertiary/aromatic N) is 1. The quantitative estimate of drug-likeness (QED) is 0.453. The number of carbonyl (C=O) groups excluding carboxylic acids is 1. The predicted octanol–water partition coefficient (Wildman–Crippen LogP) is 2.43. The third kappa shape index (κ3) is 5.36. The van der Waals surface area contributed by atoms with Crippen LogP contribution in [0.25, 0.3) is 0 Å². The van der Waals surface area contributed by atoms with Gasteiger partial charge >= 0.3 is 5.97 Å². The number of non-ortho nitro benzene ring substituents is 1. The number of nitro groups is 1. The molecule has 0 aliphatic carbocycles. The second-order valence-corrected chi connectivity index (χ2v) is 5.09. The van der Waals surface area contributed by atoms with E-state index in [2.05, 4.69) is 0 Å². The fraction of sp³-hybridized carbons (Fsp3) is 0.235. The summed E-state index contributed by atoms with van der Waals surface area (Å²) in [5, 5.41) is 10.6. The molecule has 0 saturated heterocycles. The number of hydrogen-bond acceptors (Lipinski definition) is 6. The van der Waals surface area contributed by atoms with Crippen molar-refractivity contribution in [1.82, 2.24) is 0 Å². The highest BCUT2D eigenvalue weighted by Crippen LogP contribution is 2.17. The molecule has 0 fully saturated rings. The first-order chi connectivity index (χ1) is 11.6. The summed E-state index contributed by atoms with van der Waals surface area (Å²) in [6.45, 7) is 0.385. The molecule has 24 heavy (non-hydrogen) atoms. The van der Waals surface area contributed by atoms with E-state index in [9.17, 15) is 14.9 Å². The maximum absolute atomic E-state index is 11.8. The molecule has 0 saturated carbocycles. The number of nitro benzene ring substituents is 1. The van der Waals surface area contributed by atoms with E-state index in [0.717, 1.165) is 5.56 Å². The summed E-state index contributed by atoms with van der Waals surface area (Å²) in [4.78, 5) is 21.9. The summed E-state index contributed by atoms with van der Waals surface area (Å²) in [5.74, 6) is -0.0170. The Kier molecular flexibility index (Phi) is 6.27. The van der Waals surface area contributed by atoms with Gasteiger partial charge in [0.05, 0.1) is 11.5 Å². The number of nitrogens with two attached hydrogens (primary N) is 1. The van der Waals surface area contributed by atoms with E-state index in [4.69, 9.17) is 15.2 Å². The van der Waals surface area contributed by atoms with Gasteiger partial charge in [-0.3, -0.25) is 14.9 Å². The minimum Gasteiger partial charge on any atom is -0.494 e. The molecule has 7 nitrogen and oxygen atoms in total. The molecule has 0 aliphatic heterocycles. The van der Waals surface area contributed by atoms with Crippen molar-refractivity contribution in [3.8, 4) is 5.75 Å². The molecule has 0 spiro atoms. The van der Waals surface area contributed by atoms with Crippen LogP contribution in [0.4, 0.5) is 5.69 Å². The highest BCUT2D eigenvalue weighted by Gasteiger charge is 2.15. The number of rotatable bonds is 8. The second-order valence-electron chi connectivity index (χ2n) is 5.09. The van der Waals surface area contributed by atoms with Gasteiger partial charge in [-0.2, -0.15) is 0 Å². The van der Waals surface area contributed by atoms with Crippen LogP contribution < -0.4 is 10.5 Å². The topological polar surface area (TPSA) is 105 Å². The van der Waals surface area contributed by atoms with Gasteiger partial charge in [-0.25, -0.2) is 0 Å². The lowest BCUT2D eigenvalue weighted by Crippen LogP contribution is -2.33. The van der Waals surface area contributed by atoms with Crippen LogP contribution in [0.1, 0.15) is 12.0 Å². The normalized spacial score (nSPS) is 11.5. The summed E-state index contributed by atoms with van der Waals surface area (Å²) in [5.41, 5.74) is 6.64. The average molecular weight is 330 g/mol. The highest BCUT2D eigenvalue weighted by atomic mass is 16.6. The molecule has 2 aromatic rings. The van der Waals surface area contributed by atoms with E-state index < -0.39 is 16.9 Å². The highest BCUT2D eigenvalue weighted by molar-refractivity contribution is 5.75. The van der Waals surface area contributed by atoms with Crippen molar-refractivity contribution in [2.75, 3.05) is 6.61 Å². The number of ether oxygens (including phenoxy) is 2. The van der Waals surface area contributed by atoms with Gasteiger partial charge in [0.2, 0.25) is 0 Å². The fourth-order valence-corrected chi connectivity index (χ4v) is 1.92. The number of esters is 1. The SMILES string of the molecule is NC(CCOc1ccc([N+](=O)[O-])cc1)C(=O)OCc1ccccc1. The van der Waals surface area contributed by atoms with E-state index in [1.807, 2.05) is 30.3 Å². The maximum atomic E-state index is 11.8. The Morgan fingerprint density at radius 3 is 2.42 bits per heavy atom. The molecule has 126 valence electrons. The van der Waals surface area contributed by atoms with Crippen LogP contribution in [-0.2, 0) is 16.1 Å². The Morgan fingerprint density at radius 2 is 1.79 bits per heavy atom. The third-order valence-corrected chi connectivity index (χ3v) is 3.27. The summed E-state index contributed by atoms with van der Waals surface area (Å²) in [6, 6.07) is 14.2. The average Bonchev–Trinajstić information content (AvgIpc) is 2.61. The zero-order valence-electron chi connectivity index (χ0n) is 13.0. The van der Waals surface area contributed by atoms with E-state index in [0.29, 0.717) is 5.75 Å². The van der Waals surface area contributed by atoms with Crippen molar-refractivity contribution in [2.24, 2.45) is 5.73 Å². The van der Waals surface area contributed by atoms with Crippen molar-refractivity contribution in [3.05, 3.63) is 70.3 Å². The third-order valence-electron chi connectivity index (χ3n) is 3.27. The van der Waals surface area contributed by atoms with Gasteiger partial charge in [0.15, 0.2) is 0 Å². The van der Waals surface area contributed by atoms with Crippen molar-refractivity contribution in [3.63, 3.8) is 0 Å². The Balaban J connectivity index is 1.71. The number of benzene rings is 2.